The minimum atomic E-state index is -0.219. The monoisotopic (exact) mass is 319 g/mol. The Labute approximate surface area is 176 Å². The summed E-state index contributed by atoms with van der Waals surface area (Å²) in [4.78, 5) is 11.0. The van der Waals surface area contributed by atoms with Gasteiger partial charge in [0.15, 0.2) is 0 Å². The van der Waals surface area contributed by atoms with Crippen LogP contribution in [-0.4, -0.2) is 5.91 Å². The van der Waals surface area contributed by atoms with E-state index in [9.17, 15) is 4.79 Å². The van der Waals surface area contributed by atoms with Crippen molar-refractivity contribution < 1.29 is 56.2 Å². The van der Waals surface area contributed by atoms with Crippen LogP contribution in [0.4, 0.5) is 5.69 Å². The molecule has 0 aliphatic carbocycles. The molecule has 1 aromatic rings. The van der Waals surface area contributed by atoms with E-state index in [0.29, 0.717) is 5.69 Å². The topological polar surface area (TPSA) is 31.2 Å². The van der Waals surface area contributed by atoms with Gasteiger partial charge in [0.2, 0.25) is 0 Å². The predicted molar refractivity (Wildman–Crippen MR) is 92.6 cm³/mol. The van der Waals surface area contributed by atoms with E-state index in [0.717, 1.165) is 5.57 Å². The van der Waals surface area contributed by atoms with Crippen LogP contribution < -0.4 is 51.4 Å². The summed E-state index contributed by atoms with van der Waals surface area (Å²) in [6.45, 7) is 11.0. The predicted octanol–water partition coefficient (Wildman–Crippen LogP) is 2.66. The minimum absolute atomic E-state index is 0. The first kappa shape index (κ1) is 23.3. The molecule has 0 bridgehead atoms. The normalized spacial score (nSPS) is 9.18. The van der Waals surface area contributed by atoms with Gasteiger partial charge in [0, 0.05) is 0 Å². The molecule has 2 nitrogen and oxygen atoms in total. The van der Waals surface area contributed by atoms with Crippen molar-refractivity contribution in [1.29, 1.82) is 0 Å². The smallest absolute Gasteiger partial charge is 0.623 e. The average molecular weight is 319 g/mol. The Morgan fingerprint density at radius 1 is 1.05 bits per heavy atom. The molecule has 1 aromatic carbocycles. The molecule has 0 aliphatic heterocycles. The SMILES string of the molecule is C/C=C/C(=O)[N-]c1ccccc1.C=CC(C=C)=C/C=C\C.[K+]. The van der Waals surface area contributed by atoms with E-state index >= 15 is 0 Å². The number of hydrogen-bond acceptors (Lipinski definition) is 1. The van der Waals surface area contributed by atoms with Crippen LogP contribution >= 0.6 is 0 Å². The maximum Gasteiger partial charge on any atom is 1.00 e. The van der Waals surface area contributed by atoms with Crippen molar-refractivity contribution >= 4 is 11.6 Å². The molecule has 0 unspecified atom stereocenters. The molecule has 1 rings (SSSR count). The molecule has 0 saturated carbocycles. The molecule has 0 spiro atoms. The van der Waals surface area contributed by atoms with E-state index in [1.165, 1.54) is 6.08 Å². The number of amides is 1. The van der Waals surface area contributed by atoms with E-state index < -0.39 is 0 Å². The van der Waals surface area contributed by atoms with Crippen LogP contribution in [0.1, 0.15) is 13.8 Å². The zero-order valence-corrected chi connectivity index (χ0v) is 16.8. The Hall–Kier alpha value is -0.974. The first-order valence-corrected chi connectivity index (χ1v) is 6.69. The van der Waals surface area contributed by atoms with Crippen LogP contribution in [0.25, 0.3) is 5.32 Å². The molecule has 1 amide bonds. The number of allylic oxidation sites excluding steroid dienone is 7. The molecule has 110 valence electrons. The zero-order chi connectivity index (χ0) is 15.9. The first-order chi connectivity index (χ1) is 10.2. The van der Waals surface area contributed by atoms with E-state index in [-0.39, 0.29) is 57.3 Å². The Morgan fingerprint density at radius 3 is 2.09 bits per heavy atom. The third-order valence-electron chi connectivity index (χ3n) is 2.26. The summed E-state index contributed by atoms with van der Waals surface area (Å²) in [5, 5.41) is 3.82. The van der Waals surface area contributed by atoms with Gasteiger partial charge in [-0.1, -0.05) is 79.9 Å². The summed E-state index contributed by atoms with van der Waals surface area (Å²) >= 11 is 0. The summed E-state index contributed by atoms with van der Waals surface area (Å²) < 4.78 is 0. The van der Waals surface area contributed by atoms with Crippen molar-refractivity contribution in [1.82, 2.24) is 0 Å². The first-order valence-electron chi connectivity index (χ1n) is 6.69. The van der Waals surface area contributed by atoms with Gasteiger partial charge < -0.3 is 10.1 Å². The fourth-order valence-electron chi connectivity index (χ4n) is 1.24. The molecule has 0 aliphatic rings. The summed E-state index contributed by atoms with van der Waals surface area (Å²) in [5.41, 5.74) is 1.74. The van der Waals surface area contributed by atoms with E-state index in [1.807, 2.05) is 43.4 Å². The van der Waals surface area contributed by atoms with Crippen molar-refractivity contribution in [3.05, 3.63) is 96.9 Å². The molecule has 0 N–H and O–H groups in total. The molecule has 0 fully saturated rings. The molecule has 0 saturated heterocycles. The van der Waals surface area contributed by atoms with Crippen LogP contribution in [0.5, 0.6) is 0 Å². The number of hydrogen-bond donors (Lipinski definition) is 0. The molecule has 0 heterocycles. The molecule has 0 atom stereocenters. The van der Waals surface area contributed by atoms with E-state index in [1.54, 1.807) is 37.3 Å². The molecule has 0 radical (unpaired) electrons. The number of benzene rings is 1. The summed E-state index contributed by atoms with van der Waals surface area (Å²) in [5.74, 6) is -0.219. The van der Waals surface area contributed by atoms with Gasteiger partial charge in [0.05, 0.1) is 5.91 Å². The second kappa shape index (κ2) is 16.4. The minimum Gasteiger partial charge on any atom is -0.623 e. The van der Waals surface area contributed by atoms with E-state index in [2.05, 4.69) is 18.5 Å². The molecule has 22 heavy (non-hydrogen) atoms. The summed E-state index contributed by atoms with van der Waals surface area (Å²) in [7, 11) is 0. The maximum atomic E-state index is 11.0. The Morgan fingerprint density at radius 2 is 1.64 bits per heavy atom. The van der Waals surface area contributed by atoms with Crippen LogP contribution in [0, 0.1) is 0 Å². The largest absolute Gasteiger partial charge is 1.00 e. The molecule has 0 aromatic heterocycles. The Bertz CT molecular complexity index is 518. The third kappa shape index (κ3) is 12.7. The van der Waals surface area contributed by atoms with Crippen LogP contribution in [0.2, 0.25) is 0 Å². The fourth-order valence-corrected chi connectivity index (χ4v) is 1.24. The van der Waals surface area contributed by atoms with Crippen molar-refractivity contribution in [2.24, 2.45) is 0 Å². The third-order valence-corrected chi connectivity index (χ3v) is 2.26. The van der Waals surface area contributed by atoms with Gasteiger partial charge in [-0.2, -0.15) is 0 Å². The quantitative estimate of drug-likeness (QED) is 0.466. The molecular weight excluding hydrogens is 297 g/mol. The van der Waals surface area contributed by atoms with Gasteiger partial charge in [0.1, 0.15) is 0 Å². The van der Waals surface area contributed by atoms with Crippen LogP contribution in [0.3, 0.4) is 0 Å². The van der Waals surface area contributed by atoms with Gasteiger partial charge in [-0.3, -0.25) is 0 Å². The van der Waals surface area contributed by atoms with Crippen LogP contribution in [-0.2, 0) is 4.79 Å². The van der Waals surface area contributed by atoms with Crippen molar-refractivity contribution in [3.63, 3.8) is 0 Å². The second-order valence-electron chi connectivity index (χ2n) is 3.89. The summed E-state index contributed by atoms with van der Waals surface area (Å²) in [6.07, 6.45) is 12.5. The average Bonchev–Trinajstić information content (AvgIpc) is 2.50. The number of carbonyl (C=O) groups is 1. The Kier molecular flexibility index (Phi) is 17.4. The van der Waals surface area contributed by atoms with Gasteiger partial charge in [-0.25, -0.2) is 0 Å². The van der Waals surface area contributed by atoms with E-state index in [4.69, 9.17) is 0 Å². The van der Waals surface area contributed by atoms with Gasteiger partial charge in [-0.05, 0) is 25.5 Å². The van der Waals surface area contributed by atoms with Gasteiger partial charge in [0.25, 0.3) is 0 Å². The number of rotatable bonds is 5. The van der Waals surface area contributed by atoms with Crippen LogP contribution in [0.15, 0.2) is 91.6 Å². The van der Waals surface area contributed by atoms with Gasteiger partial charge >= 0.3 is 51.4 Å². The number of para-hydroxylation sites is 1. The van der Waals surface area contributed by atoms with Crippen molar-refractivity contribution in [3.8, 4) is 0 Å². The molecule has 3 heteroatoms. The Balaban J connectivity index is 0. The summed E-state index contributed by atoms with van der Waals surface area (Å²) in [6, 6.07) is 9.17. The second-order valence-corrected chi connectivity index (χ2v) is 3.89. The van der Waals surface area contributed by atoms with Gasteiger partial charge in [-0.15, -0.1) is 5.69 Å². The number of nitrogens with zero attached hydrogens (tertiary/aromatic N) is 1. The fraction of sp³-hybridized carbons (Fsp3) is 0.105. The zero-order valence-electron chi connectivity index (χ0n) is 13.7. The van der Waals surface area contributed by atoms with Crippen molar-refractivity contribution in [2.45, 2.75) is 13.8 Å². The standard InChI is InChI=1S/C10H11NO.C9H12.K/c1-2-6-10(12)11-9-7-4-3-5-8-9;1-4-7-8-9(5-2)6-3;/h2-8H,1H3,(H,11,12);4-8H,2-3H2,1H3;/q;;+1/p-1/b6-2+;7-4-;. The number of carbonyl (C=O) groups excluding carboxylic acids is 1. The van der Waals surface area contributed by atoms with Crippen molar-refractivity contribution in [2.75, 3.05) is 0 Å². The molecular formula is C19H22KNO. The maximum absolute atomic E-state index is 11.0.